The van der Waals surface area contributed by atoms with Crippen LogP contribution in [0, 0.1) is 6.92 Å². The van der Waals surface area contributed by atoms with Crippen LogP contribution in [0.2, 0.25) is 0 Å². The number of nitrogens with zero attached hydrogens (tertiary/aromatic N) is 2. The van der Waals surface area contributed by atoms with Crippen LogP contribution in [-0.4, -0.2) is 18.4 Å². The highest BCUT2D eigenvalue weighted by Gasteiger charge is 2.37. The minimum atomic E-state index is -4.99. The van der Waals surface area contributed by atoms with E-state index in [0.29, 0.717) is 17.8 Å². The van der Waals surface area contributed by atoms with Gasteiger partial charge in [0.05, 0.1) is 21.7 Å². The van der Waals surface area contributed by atoms with Gasteiger partial charge >= 0.3 is 12.4 Å². The maximum Gasteiger partial charge on any atom is 0.416 e. The van der Waals surface area contributed by atoms with Crippen molar-refractivity contribution >= 4 is 27.2 Å². The topological polar surface area (TPSA) is 84.0 Å². The number of rotatable bonds is 6. The summed E-state index contributed by atoms with van der Waals surface area (Å²) in [6, 6.07) is 14.7. The Morgan fingerprint density at radius 3 is 1.82 bits per heavy atom. The Kier molecular flexibility index (Phi) is 7.06. The molecule has 0 bridgehead atoms. The standard InChI is InChI=1S/C25H18F6N4O2S/c1-15-2-8-21(9-3-15)38(36,37)35-20-6-4-19(5-7-20)34-23-13-22(32-14-33-23)16-10-17(24(26,27)28)12-18(11-16)25(29,30)31/h2-14,35H,1H3,(H,32,33,34). The van der Waals surface area contributed by atoms with Crippen LogP contribution in [-0.2, 0) is 22.4 Å². The van der Waals surface area contributed by atoms with E-state index in [9.17, 15) is 34.8 Å². The highest BCUT2D eigenvalue weighted by atomic mass is 32.2. The van der Waals surface area contributed by atoms with Crippen LogP contribution in [0.5, 0.6) is 0 Å². The Balaban J connectivity index is 1.55. The maximum absolute atomic E-state index is 13.2. The first-order valence-corrected chi connectivity index (χ1v) is 12.3. The first kappa shape index (κ1) is 26.9. The van der Waals surface area contributed by atoms with Crippen LogP contribution in [0.1, 0.15) is 16.7 Å². The number of alkyl halides is 6. The summed E-state index contributed by atoms with van der Waals surface area (Å²) >= 11 is 0. The van der Waals surface area contributed by atoms with Crippen molar-refractivity contribution in [2.45, 2.75) is 24.2 Å². The van der Waals surface area contributed by atoms with E-state index in [1.54, 1.807) is 12.1 Å². The molecule has 0 aliphatic heterocycles. The van der Waals surface area contributed by atoms with Crippen molar-refractivity contribution < 1.29 is 34.8 Å². The van der Waals surface area contributed by atoms with E-state index in [4.69, 9.17) is 0 Å². The quantitative estimate of drug-likeness (QED) is 0.251. The molecule has 3 aromatic carbocycles. The largest absolute Gasteiger partial charge is 0.416 e. The second-order valence-corrected chi connectivity index (χ2v) is 9.89. The van der Waals surface area contributed by atoms with E-state index in [1.165, 1.54) is 42.5 Å². The molecule has 0 aliphatic rings. The highest BCUT2D eigenvalue weighted by Crippen LogP contribution is 2.38. The van der Waals surface area contributed by atoms with Gasteiger partial charge in [-0.15, -0.1) is 0 Å². The molecule has 0 aliphatic carbocycles. The molecule has 0 saturated carbocycles. The van der Waals surface area contributed by atoms with Crippen LogP contribution >= 0.6 is 0 Å². The van der Waals surface area contributed by atoms with E-state index in [2.05, 4.69) is 20.0 Å². The summed E-state index contributed by atoms with van der Waals surface area (Å²) in [5.74, 6) is 0.0916. The first-order valence-electron chi connectivity index (χ1n) is 10.8. The molecule has 0 spiro atoms. The predicted molar refractivity (Wildman–Crippen MR) is 129 cm³/mol. The molecule has 0 radical (unpaired) electrons. The van der Waals surface area contributed by atoms with Crippen molar-refractivity contribution in [3.05, 3.63) is 95.8 Å². The number of nitrogens with one attached hydrogen (secondary N) is 2. The summed E-state index contributed by atoms with van der Waals surface area (Å²) in [4.78, 5) is 7.86. The van der Waals surface area contributed by atoms with Crippen LogP contribution < -0.4 is 10.0 Å². The Labute approximate surface area is 213 Å². The molecular formula is C25H18F6N4O2S. The van der Waals surface area contributed by atoms with Crippen LogP contribution in [0.4, 0.5) is 43.5 Å². The maximum atomic E-state index is 13.2. The first-order chi connectivity index (χ1) is 17.7. The monoisotopic (exact) mass is 552 g/mol. The van der Waals surface area contributed by atoms with Gasteiger partial charge in [-0.1, -0.05) is 17.7 Å². The molecule has 4 rings (SSSR count). The molecule has 38 heavy (non-hydrogen) atoms. The summed E-state index contributed by atoms with van der Waals surface area (Å²) < 4.78 is 107. The van der Waals surface area contributed by atoms with Crippen molar-refractivity contribution in [3.63, 3.8) is 0 Å². The Hall–Kier alpha value is -4.13. The third kappa shape index (κ3) is 6.40. The number of benzene rings is 3. The van der Waals surface area contributed by atoms with Gasteiger partial charge in [0.15, 0.2) is 0 Å². The van der Waals surface area contributed by atoms with E-state index in [-0.39, 0.29) is 28.2 Å². The smallest absolute Gasteiger partial charge is 0.340 e. The lowest BCUT2D eigenvalue weighted by Gasteiger charge is -2.14. The van der Waals surface area contributed by atoms with Gasteiger partial charge < -0.3 is 5.32 Å². The number of hydrogen-bond acceptors (Lipinski definition) is 5. The molecule has 1 aromatic heterocycles. The minimum absolute atomic E-state index is 0.0402. The average Bonchev–Trinajstić information content (AvgIpc) is 2.84. The predicted octanol–water partition coefficient (Wildman–Crippen LogP) is 7.03. The molecule has 0 unspecified atom stereocenters. The molecule has 13 heteroatoms. The molecule has 198 valence electrons. The van der Waals surface area contributed by atoms with Crippen molar-refractivity contribution in [1.82, 2.24) is 9.97 Å². The van der Waals surface area contributed by atoms with Gasteiger partial charge in [0, 0.05) is 23.0 Å². The third-order valence-corrected chi connectivity index (χ3v) is 6.69. The van der Waals surface area contributed by atoms with Gasteiger partial charge in [-0.3, -0.25) is 4.72 Å². The van der Waals surface area contributed by atoms with E-state index < -0.39 is 39.1 Å². The van der Waals surface area contributed by atoms with Crippen LogP contribution in [0.25, 0.3) is 11.3 Å². The van der Waals surface area contributed by atoms with Gasteiger partial charge in [-0.25, -0.2) is 18.4 Å². The summed E-state index contributed by atoms with van der Waals surface area (Å²) in [7, 11) is -3.82. The average molecular weight is 553 g/mol. The van der Waals surface area contributed by atoms with Gasteiger partial charge in [0.1, 0.15) is 12.1 Å². The van der Waals surface area contributed by atoms with Crippen molar-refractivity contribution in [2.75, 3.05) is 10.0 Å². The second kappa shape index (κ2) is 9.97. The summed E-state index contributed by atoms with van der Waals surface area (Å²) in [6.07, 6.45) is -8.99. The number of aromatic nitrogens is 2. The fourth-order valence-corrected chi connectivity index (χ4v) is 4.45. The molecular weight excluding hydrogens is 534 g/mol. The summed E-state index contributed by atoms with van der Waals surface area (Å²) in [6.45, 7) is 1.83. The summed E-state index contributed by atoms with van der Waals surface area (Å²) in [5.41, 5.74) is -1.88. The van der Waals surface area contributed by atoms with Gasteiger partial charge in [-0.2, -0.15) is 26.3 Å². The molecule has 1 heterocycles. The Morgan fingerprint density at radius 2 is 1.26 bits per heavy atom. The number of halogens is 6. The minimum Gasteiger partial charge on any atom is -0.340 e. The van der Waals surface area contributed by atoms with Crippen molar-refractivity contribution in [2.24, 2.45) is 0 Å². The zero-order valence-electron chi connectivity index (χ0n) is 19.4. The molecule has 0 fully saturated rings. The number of aryl methyl sites for hydroxylation is 1. The summed E-state index contributed by atoms with van der Waals surface area (Å²) in [5, 5.41) is 2.86. The third-order valence-electron chi connectivity index (χ3n) is 5.29. The zero-order chi connectivity index (χ0) is 27.7. The molecule has 0 amide bonds. The van der Waals surface area contributed by atoms with Gasteiger partial charge in [-0.05, 0) is 61.5 Å². The molecule has 2 N–H and O–H groups in total. The molecule has 6 nitrogen and oxygen atoms in total. The van der Waals surface area contributed by atoms with E-state index in [0.717, 1.165) is 11.9 Å². The molecule has 4 aromatic rings. The van der Waals surface area contributed by atoms with Crippen LogP contribution in [0.15, 0.2) is 84.0 Å². The van der Waals surface area contributed by atoms with E-state index >= 15 is 0 Å². The fraction of sp³-hybridized carbons (Fsp3) is 0.120. The van der Waals surface area contributed by atoms with Crippen molar-refractivity contribution in [3.8, 4) is 11.3 Å². The second-order valence-electron chi connectivity index (χ2n) is 8.20. The van der Waals surface area contributed by atoms with Gasteiger partial charge in [0.25, 0.3) is 10.0 Å². The number of anilines is 3. The molecule has 0 saturated heterocycles. The zero-order valence-corrected chi connectivity index (χ0v) is 20.2. The lowest BCUT2D eigenvalue weighted by molar-refractivity contribution is -0.143. The lowest BCUT2D eigenvalue weighted by atomic mass is 10.0. The normalized spacial score (nSPS) is 12.3. The van der Waals surface area contributed by atoms with E-state index in [1.807, 2.05) is 6.92 Å². The number of sulfonamides is 1. The Morgan fingerprint density at radius 1 is 0.711 bits per heavy atom. The molecule has 0 atom stereocenters. The highest BCUT2D eigenvalue weighted by molar-refractivity contribution is 7.92. The van der Waals surface area contributed by atoms with Crippen LogP contribution in [0.3, 0.4) is 0 Å². The lowest BCUT2D eigenvalue weighted by Crippen LogP contribution is -2.12. The van der Waals surface area contributed by atoms with Crippen molar-refractivity contribution in [1.29, 1.82) is 0 Å². The SMILES string of the molecule is Cc1ccc(S(=O)(=O)Nc2ccc(Nc3cc(-c4cc(C(F)(F)F)cc(C(F)(F)F)c4)ncn3)cc2)cc1. The number of hydrogen-bond donors (Lipinski definition) is 2. The Bertz CT molecular complexity index is 1520. The fourth-order valence-electron chi connectivity index (χ4n) is 3.39. The van der Waals surface area contributed by atoms with Gasteiger partial charge in [0.2, 0.25) is 0 Å².